The zero-order valence-corrected chi connectivity index (χ0v) is 22.7. The van der Waals surface area contributed by atoms with Crippen LogP contribution in [0.25, 0.3) is 11.4 Å². The van der Waals surface area contributed by atoms with Crippen molar-refractivity contribution >= 4 is 0 Å². The Balaban J connectivity index is 1.33. The zero-order chi connectivity index (χ0) is 24.6. The third-order valence-electron chi connectivity index (χ3n) is 7.85. The van der Waals surface area contributed by atoms with E-state index in [0.29, 0.717) is 0 Å². The SMILES string of the molecule is CCCCCCCCc1cnc(-c2ccc(CC/C=C/[C@H]3CC[C@H](CCCCC)CC3)cc2)nc1. The number of aryl methyl sites for hydroxylation is 2. The van der Waals surface area contributed by atoms with Gasteiger partial charge in [0.2, 0.25) is 0 Å². The van der Waals surface area contributed by atoms with Crippen LogP contribution in [-0.4, -0.2) is 9.97 Å². The van der Waals surface area contributed by atoms with Gasteiger partial charge in [-0.2, -0.15) is 0 Å². The predicted molar refractivity (Wildman–Crippen MR) is 152 cm³/mol. The molecule has 1 aromatic carbocycles. The molecule has 0 aliphatic heterocycles. The first-order valence-electron chi connectivity index (χ1n) is 14.8. The number of rotatable bonds is 16. The molecule has 0 bridgehead atoms. The van der Waals surface area contributed by atoms with Crippen LogP contribution in [0.4, 0.5) is 0 Å². The van der Waals surface area contributed by atoms with Crippen molar-refractivity contribution in [2.75, 3.05) is 0 Å². The third-order valence-corrected chi connectivity index (χ3v) is 7.85. The number of hydrogen-bond donors (Lipinski definition) is 0. The first kappa shape index (κ1) is 27.6. The maximum absolute atomic E-state index is 4.64. The maximum atomic E-state index is 4.64. The minimum Gasteiger partial charge on any atom is -0.236 e. The molecular weight excluding hydrogens is 424 g/mol. The molecule has 1 aromatic heterocycles. The lowest BCUT2D eigenvalue weighted by atomic mass is 9.79. The Hall–Kier alpha value is -1.96. The van der Waals surface area contributed by atoms with E-state index in [1.807, 2.05) is 12.4 Å². The van der Waals surface area contributed by atoms with Crippen molar-refractivity contribution in [3.05, 3.63) is 59.9 Å². The van der Waals surface area contributed by atoms with Gasteiger partial charge in [-0.15, -0.1) is 0 Å². The number of aromatic nitrogens is 2. The second-order valence-electron chi connectivity index (χ2n) is 10.9. The molecule has 1 saturated carbocycles. The molecule has 0 atom stereocenters. The van der Waals surface area contributed by atoms with Gasteiger partial charge in [0, 0.05) is 18.0 Å². The van der Waals surface area contributed by atoms with Crippen LogP contribution >= 0.6 is 0 Å². The van der Waals surface area contributed by atoms with Crippen molar-refractivity contribution in [2.45, 2.75) is 123 Å². The lowest BCUT2D eigenvalue weighted by molar-refractivity contribution is 0.289. The van der Waals surface area contributed by atoms with Gasteiger partial charge in [0.1, 0.15) is 0 Å². The fourth-order valence-corrected chi connectivity index (χ4v) is 5.45. The van der Waals surface area contributed by atoms with Crippen molar-refractivity contribution in [1.29, 1.82) is 0 Å². The highest BCUT2D eigenvalue weighted by molar-refractivity contribution is 5.55. The number of unbranched alkanes of at least 4 members (excludes halogenated alkanes) is 7. The molecule has 1 heterocycles. The summed E-state index contributed by atoms with van der Waals surface area (Å²) in [6.07, 6.45) is 31.7. The van der Waals surface area contributed by atoms with Gasteiger partial charge >= 0.3 is 0 Å². The molecule has 0 amide bonds. The Morgan fingerprint density at radius 3 is 2.09 bits per heavy atom. The van der Waals surface area contributed by atoms with Crippen LogP contribution in [0.5, 0.6) is 0 Å². The molecule has 2 aromatic rings. The molecule has 1 aliphatic carbocycles. The number of benzene rings is 1. The van der Waals surface area contributed by atoms with Gasteiger partial charge in [0.05, 0.1) is 0 Å². The summed E-state index contributed by atoms with van der Waals surface area (Å²) in [5.74, 6) is 2.67. The van der Waals surface area contributed by atoms with Crippen LogP contribution in [-0.2, 0) is 12.8 Å². The third kappa shape index (κ3) is 10.7. The van der Waals surface area contributed by atoms with E-state index in [1.165, 1.54) is 101 Å². The summed E-state index contributed by atoms with van der Waals surface area (Å²) in [7, 11) is 0. The van der Waals surface area contributed by atoms with Crippen LogP contribution in [0.1, 0.15) is 121 Å². The highest BCUT2D eigenvalue weighted by atomic mass is 14.9. The van der Waals surface area contributed by atoms with Gasteiger partial charge in [-0.05, 0) is 74.3 Å². The van der Waals surface area contributed by atoms with Gasteiger partial charge in [0.15, 0.2) is 5.82 Å². The van der Waals surface area contributed by atoms with E-state index in [1.54, 1.807) is 0 Å². The Morgan fingerprint density at radius 1 is 0.714 bits per heavy atom. The van der Waals surface area contributed by atoms with E-state index >= 15 is 0 Å². The van der Waals surface area contributed by atoms with Gasteiger partial charge in [-0.1, -0.05) is 108 Å². The van der Waals surface area contributed by atoms with Crippen LogP contribution in [0, 0.1) is 11.8 Å². The maximum Gasteiger partial charge on any atom is 0.159 e. The first-order valence-corrected chi connectivity index (χ1v) is 14.8. The van der Waals surface area contributed by atoms with Crippen molar-refractivity contribution in [1.82, 2.24) is 9.97 Å². The largest absolute Gasteiger partial charge is 0.236 e. The first-order chi connectivity index (χ1) is 17.3. The second-order valence-corrected chi connectivity index (χ2v) is 10.9. The van der Waals surface area contributed by atoms with Gasteiger partial charge in [0.25, 0.3) is 0 Å². The Kier molecular flexibility index (Phi) is 13.2. The monoisotopic (exact) mass is 474 g/mol. The molecule has 192 valence electrons. The highest BCUT2D eigenvalue weighted by Crippen LogP contribution is 2.32. The summed E-state index contributed by atoms with van der Waals surface area (Å²) in [5, 5.41) is 0. The number of nitrogens with zero attached hydrogens (tertiary/aromatic N) is 2. The molecule has 1 aliphatic rings. The Bertz CT molecular complexity index is 813. The van der Waals surface area contributed by atoms with Crippen LogP contribution in [0.3, 0.4) is 0 Å². The second kappa shape index (κ2) is 16.7. The number of hydrogen-bond acceptors (Lipinski definition) is 2. The van der Waals surface area contributed by atoms with E-state index < -0.39 is 0 Å². The van der Waals surface area contributed by atoms with E-state index in [2.05, 4.69) is 60.2 Å². The minimum atomic E-state index is 0.820. The molecule has 2 nitrogen and oxygen atoms in total. The molecule has 0 radical (unpaired) electrons. The van der Waals surface area contributed by atoms with Crippen molar-refractivity contribution in [2.24, 2.45) is 11.8 Å². The van der Waals surface area contributed by atoms with Crippen molar-refractivity contribution in [3.63, 3.8) is 0 Å². The summed E-state index contributed by atoms with van der Waals surface area (Å²) in [6, 6.07) is 8.86. The summed E-state index contributed by atoms with van der Waals surface area (Å²) in [5.41, 5.74) is 3.78. The molecule has 0 saturated heterocycles. The molecule has 0 spiro atoms. The topological polar surface area (TPSA) is 25.8 Å². The zero-order valence-electron chi connectivity index (χ0n) is 22.7. The molecule has 1 fully saturated rings. The van der Waals surface area contributed by atoms with E-state index in [9.17, 15) is 0 Å². The predicted octanol–water partition coefficient (Wildman–Crippen LogP) is 9.92. The standard InChI is InChI=1S/C33H50N2/c1-3-5-7-8-9-11-17-31-26-34-33(35-27-31)32-24-22-30(23-25-32)16-13-12-15-29-20-18-28(19-21-29)14-10-6-4-2/h12,15,22-29H,3-11,13-14,16-21H2,1-2H3/b15-12+/t28-,29-. The summed E-state index contributed by atoms with van der Waals surface area (Å²) in [6.45, 7) is 4.58. The van der Waals surface area contributed by atoms with E-state index in [0.717, 1.165) is 42.5 Å². The highest BCUT2D eigenvalue weighted by Gasteiger charge is 2.18. The van der Waals surface area contributed by atoms with Crippen LogP contribution < -0.4 is 0 Å². The lowest BCUT2D eigenvalue weighted by Gasteiger charge is -2.26. The minimum absolute atomic E-state index is 0.820. The van der Waals surface area contributed by atoms with Gasteiger partial charge < -0.3 is 0 Å². The van der Waals surface area contributed by atoms with Crippen molar-refractivity contribution in [3.8, 4) is 11.4 Å². The molecule has 0 unspecified atom stereocenters. The quantitative estimate of drug-likeness (QED) is 0.179. The van der Waals surface area contributed by atoms with Crippen molar-refractivity contribution < 1.29 is 0 Å². The summed E-state index contributed by atoms with van der Waals surface area (Å²) >= 11 is 0. The average Bonchev–Trinajstić information content (AvgIpc) is 2.90. The number of allylic oxidation sites excluding steroid dienone is 2. The average molecular weight is 475 g/mol. The lowest BCUT2D eigenvalue weighted by Crippen LogP contribution is -2.13. The van der Waals surface area contributed by atoms with Crippen LogP contribution in [0.2, 0.25) is 0 Å². The van der Waals surface area contributed by atoms with E-state index in [4.69, 9.17) is 0 Å². The Labute approximate surface area is 216 Å². The summed E-state index contributed by atoms with van der Waals surface area (Å²) in [4.78, 5) is 9.28. The fourth-order valence-electron chi connectivity index (χ4n) is 5.45. The van der Waals surface area contributed by atoms with Crippen LogP contribution in [0.15, 0.2) is 48.8 Å². The molecular formula is C33H50N2. The fraction of sp³-hybridized carbons (Fsp3) is 0.636. The summed E-state index contributed by atoms with van der Waals surface area (Å²) < 4.78 is 0. The van der Waals surface area contributed by atoms with E-state index in [-0.39, 0.29) is 0 Å². The normalized spacial score (nSPS) is 18.3. The molecule has 2 heteroatoms. The van der Waals surface area contributed by atoms with Gasteiger partial charge in [-0.3, -0.25) is 0 Å². The molecule has 35 heavy (non-hydrogen) atoms. The smallest absolute Gasteiger partial charge is 0.159 e. The molecule has 0 N–H and O–H groups in total. The van der Waals surface area contributed by atoms with Gasteiger partial charge in [-0.25, -0.2) is 9.97 Å². The Morgan fingerprint density at radius 2 is 1.37 bits per heavy atom. The molecule has 3 rings (SSSR count).